The average Bonchev–Trinajstić information content (AvgIpc) is 2.04. The molecule has 0 aliphatic carbocycles. The molecule has 0 bridgehead atoms. The van der Waals surface area contributed by atoms with Crippen molar-refractivity contribution in [2.24, 2.45) is 0 Å². The summed E-state index contributed by atoms with van der Waals surface area (Å²) in [6, 6.07) is 1.62. The molecular weight excluding hydrogens is 153 g/mol. The molecular formula is C8H12BNO2. The van der Waals surface area contributed by atoms with E-state index in [1.165, 1.54) is 0 Å². The molecule has 0 saturated carbocycles. The van der Waals surface area contributed by atoms with Crippen molar-refractivity contribution in [3.63, 3.8) is 0 Å². The molecule has 1 aromatic heterocycles. The maximum atomic E-state index is 8.98. The molecule has 2 N–H and O–H groups in total. The summed E-state index contributed by atoms with van der Waals surface area (Å²) in [7, 11) is -1.40. The van der Waals surface area contributed by atoms with Crippen molar-refractivity contribution in [1.29, 1.82) is 0 Å². The van der Waals surface area contributed by atoms with Crippen LogP contribution in [0.3, 0.4) is 0 Å². The zero-order valence-corrected chi connectivity index (χ0v) is 7.23. The van der Waals surface area contributed by atoms with Crippen molar-refractivity contribution >= 4 is 12.6 Å². The second-order valence-electron chi connectivity index (χ2n) is 3.03. The lowest BCUT2D eigenvalue weighted by Crippen LogP contribution is -2.33. The number of aromatic nitrogens is 1. The zero-order chi connectivity index (χ0) is 9.14. The van der Waals surface area contributed by atoms with Gasteiger partial charge in [0.2, 0.25) is 0 Å². The summed E-state index contributed by atoms with van der Waals surface area (Å²) in [5.41, 5.74) is 1.42. The highest BCUT2D eigenvalue weighted by atomic mass is 16.4. The van der Waals surface area contributed by atoms with Crippen molar-refractivity contribution in [2.75, 3.05) is 0 Å². The zero-order valence-electron chi connectivity index (χ0n) is 7.23. The Labute approximate surface area is 72.2 Å². The second kappa shape index (κ2) is 3.69. The third kappa shape index (κ3) is 1.84. The van der Waals surface area contributed by atoms with E-state index >= 15 is 0 Å². The smallest absolute Gasteiger partial charge is 0.423 e. The SMILES string of the molecule is CC(C)c1cnccc1B(O)O. The molecule has 0 aromatic carbocycles. The van der Waals surface area contributed by atoms with E-state index in [1.807, 2.05) is 13.8 Å². The number of hydrogen-bond donors (Lipinski definition) is 2. The molecule has 0 aliphatic heterocycles. The summed E-state index contributed by atoms with van der Waals surface area (Å²) < 4.78 is 0. The largest absolute Gasteiger partial charge is 0.488 e. The van der Waals surface area contributed by atoms with Crippen LogP contribution in [0.25, 0.3) is 0 Å². The molecule has 4 heteroatoms. The summed E-state index contributed by atoms with van der Waals surface area (Å²) in [4.78, 5) is 3.93. The third-order valence-corrected chi connectivity index (χ3v) is 1.79. The minimum absolute atomic E-state index is 0.260. The maximum absolute atomic E-state index is 8.98. The van der Waals surface area contributed by atoms with E-state index in [0.29, 0.717) is 5.46 Å². The molecule has 0 aliphatic rings. The van der Waals surface area contributed by atoms with Gasteiger partial charge in [-0.25, -0.2) is 0 Å². The molecule has 0 amide bonds. The highest BCUT2D eigenvalue weighted by Gasteiger charge is 2.16. The Morgan fingerprint density at radius 2 is 2.08 bits per heavy atom. The van der Waals surface area contributed by atoms with Gasteiger partial charge in [-0.2, -0.15) is 0 Å². The summed E-state index contributed by atoms with van der Waals surface area (Å²) in [6.07, 6.45) is 3.22. The van der Waals surface area contributed by atoms with E-state index in [9.17, 15) is 0 Å². The Morgan fingerprint density at radius 1 is 1.42 bits per heavy atom. The summed E-state index contributed by atoms with van der Waals surface area (Å²) in [5, 5.41) is 18.0. The standard InChI is InChI=1S/C8H12BNO2/c1-6(2)7-5-10-4-3-8(7)9(11)12/h3-6,11-12H,1-2H3. The fraction of sp³-hybridized carbons (Fsp3) is 0.375. The first-order chi connectivity index (χ1) is 5.63. The van der Waals surface area contributed by atoms with Gasteiger partial charge in [0.05, 0.1) is 0 Å². The van der Waals surface area contributed by atoms with E-state index in [4.69, 9.17) is 10.0 Å². The van der Waals surface area contributed by atoms with Crippen LogP contribution in [0, 0.1) is 0 Å². The van der Waals surface area contributed by atoms with Gasteiger partial charge >= 0.3 is 7.12 Å². The minimum atomic E-state index is -1.40. The van der Waals surface area contributed by atoms with Gasteiger partial charge < -0.3 is 10.0 Å². The van der Waals surface area contributed by atoms with Crippen molar-refractivity contribution < 1.29 is 10.0 Å². The van der Waals surface area contributed by atoms with E-state index in [-0.39, 0.29) is 5.92 Å². The van der Waals surface area contributed by atoms with Gasteiger partial charge in [-0.1, -0.05) is 13.8 Å². The van der Waals surface area contributed by atoms with Crippen LogP contribution in [0.4, 0.5) is 0 Å². The van der Waals surface area contributed by atoms with Crippen LogP contribution in [-0.4, -0.2) is 22.2 Å². The maximum Gasteiger partial charge on any atom is 0.488 e. The first kappa shape index (κ1) is 9.22. The second-order valence-corrected chi connectivity index (χ2v) is 3.03. The van der Waals surface area contributed by atoms with Crippen LogP contribution in [0.5, 0.6) is 0 Å². The Bertz CT molecular complexity index is 236. The lowest BCUT2D eigenvalue weighted by Gasteiger charge is -2.10. The Hall–Kier alpha value is -0.865. The highest BCUT2D eigenvalue weighted by Crippen LogP contribution is 2.09. The summed E-state index contributed by atoms with van der Waals surface area (Å²) >= 11 is 0. The summed E-state index contributed by atoms with van der Waals surface area (Å²) in [6.45, 7) is 3.98. The minimum Gasteiger partial charge on any atom is -0.423 e. The normalized spacial score (nSPS) is 10.4. The molecule has 0 radical (unpaired) electrons. The van der Waals surface area contributed by atoms with Gasteiger partial charge in [0, 0.05) is 12.4 Å². The molecule has 0 atom stereocenters. The number of hydrogen-bond acceptors (Lipinski definition) is 3. The first-order valence-corrected chi connectivity index (χ1v) is 3.93. The Morgan fingerprint density at radius 3 is 2.50 bits per heavy atom. The molecule has 0 fully saturated rings. The fourth-order valence-electron chi connectivity index (χ4n) is 1.13. The van der Waals surface area contributed by atoms with Crippen molar-refractivity contribution in [1.82, 2.24) is 4.98 Å². The monoisotopic (exact) mass is 165 g/mol. The highest BCUT2D eigenvalue weighted by molar-refractivity contribution is 6.59. The van der Waals surface area contributed by atoms with Gasteiger partial charge in [0.25, 0.3) is 0 Å². The molecule has 0 saturated heterocycles. The van der Waals surface area contributed by atoms with E-state index in [0.717, 1.165) is 5.56 Å². The predicted molar refractivity (Wildman–Crippen MR) is 48.2 cm³/mol. The van der Waals surface area contributed by atoms with Crippen LogP contribution in [0.15, 0.2) is 18.5 Å². The van der Waals surface area contributed by atoms with Crippen molar-refractivity contribution in [3.05, 3.63) is 24.0 Å². The molecule has 1 heterocycles. The molecule has 3 nitrogen and oxygen atoms in total. The number of pyridine rings is 1. The van der Waals surface area contributed by atoms with Crippen molar-refractivity contribution in [3.8, 4) is 0 Å². The predicted octanol–water partition coefficient (Wildman–Crippen LogP) is -0.115. The van der Waals surface area contributed by atoms with Gasteiger partial charge in [0.1, 0.15) is 0 Å². The Balaban J connectivity index is 3.09. The number of rotatable bonds is 2. The fourth-order valence-corrected chi connectivity index (χ4v) is 1.13. The lowest BCUT2D eigenvalue weighted by molar-refractivity contribution is 0.425. The van der Waals surface area contributed by atoms with Gasteiger partial charge in [-0.05, 0) is 23.0 Å². The molecule has 0 unspecified atom stereocenters. The van der Waals surface area contributed by atoms with E-state index < -0.39 is 7.12 Å². The molecule has 12 heavy (non-hydrogen) atoms. The quantitative estimate of drug-likeness (QED) is 0.601. The summed E-state index contributed by atoms with van der Waals surface area (Å²) in [5.74, 6) is 0.260. The van der Waals surface area contributed by atoms with Gasteiger partial charge in [-0.3, -0.25) is 4.98 Å². The lowest BCUT2D eigenvalue weighted by atomic mass is 9.75. The van der Waals surface area contributed by atoms with Gasteiger partial charge in [0.15, 0.2) is 0 Å². The molecule has 0 spiro atoms. The average molecular weight is 165 g/mol. The molecule has 64 valence electrons. The number of nitrogens with zero attached hydrogens (tertiary/aromatic N) is 1. The van der Waals surface area contributed by atoms with Crippen LogP contribution < -0.4 is 5.46 Å². The van der Waals surface area contributed by atoms with Gasteiger partial charge in [-0.15, -0.1) is 0 Å². The van der Waals surface area contributed by atoms with Crippen LogP contribution in [-0.2, 0) is 0 Å². The molecule has 1 aromatic rings. The Kier molecular flexibility index (Phi) is 2.84. The third-order valence-electron chi connectivity index (χ3n) is 1.79. The van der Waals surface area contributed by atoms with Crippen molar-refractivity contribution in [2.45, 2.75) is 19.8 Å². The molecule has 1 rings (SSSR count). The van der Waals surface area contributed by atoms with Crippen LogP contribution in [0.2, 0.25) is 0 Å². The first-order valence-electron chi connectivity index (χ1n) is 3.93. The van der Waals surface area contributed by atoms with Crippen LogP contribution >= 0.6 is 0 Å². The van der Waals surface area contributed by atoms with E-state index in [1.54, 1.807) is 18.5 Å². The van der Waals surface area contributed by atoms with E-state index in [2.05, 4.69) is 4.98 Å². The topological polar surface area (TPSA) is 53.4 Å². The van der Waals surface area contributed by atoms with Crippen LogP contribution in [0.1, 0.15) is 25.3 Å².